The summed E-state index contributed by atoms with van der Waals surface area (Å²) in [6.07, 6.45) is 5.57. The van der Waals surface area contributed by atoms with Crippen molar-refractivity contribution in [2.24, 2.45) is 17.6 Å². The third-order valence-electron chi connectivity index (χ3n) is 3.52. The van der Waals surface area contributed by atoms with Crippen LogP contribution in [0.5, 0.6) is 0 Å². The number of carbonyl (C=O) groups is 1. The SMILES string of the molecule is CCNC(CC(N)=O)C1CCC(C)CC1. The van der Waals surface area contributed by atoms with E-state index < -0.39 is 0 Å². The smallest absolute Gasteiger partial charge is 0.218 e. The number of carbonyl (C=O) groups excluding carboxylic acids is 1. The number of nitrogens with one attached hydrogen (secondary N) is 1. The average Bonchev–Trinajstić information content (AvgIpc) is 2.17. The van der Waals surface area contributed by atoms with E-state index in [-0.39, 0.29) is 5.91 Å². The quantitative estimate of drug-likeness (QED) is 0.728. The summed E-state index contributed by atoms with van der Waals surface area (Å²) in [6, 6.07) is 0.306. The second-order valence-electron chi connectivity index (χ2n) is 4.85. The average molecular weight is 212 g/mol. The minimum Gasteiger partial charge on any atom is -0.370 e. The normalized spacial score (nSPS) is 28.7. The van der Waals surface area contributed by atoms with Gasteiger partial charge >= 0.3 is 0 Å². The number of hydrogen-bond donors (Lipinski definition) is 2. The minimum atomic E-state index is -0.181. The Hall–Kier alpha value is -0.570. The molecule has 1 fully saturated rings. The molecule has 1 unspecified atom stereocenters. The van der Waals surface area contributed by atoms with Crippen molar-refractivity contribution in [3.63, 3.8) is 0 Å². The molecule has 0 radical (unpaired) electrons. The largest absolute Gasteiger partial charge is 0.370 e. The molecule has 3 heteroatoms. The van der Waals surface area contributed by atoms with E-state index in [9.17, 15) is 4.79 Å². The molecule has 1 amide bonds. The van der Waals surface area contributed by atoms with E-state index in [0.717, 1.165) is 12.5 Å². The third-order valence-corrected chi connectivity index (χ3v) is 3.52. The van der Waals surface area contributed by atoms with Gasteiger partial charge in [0.25, 0.3) is 0 Å². The van der Waals surface area contributed by atoms with Crippen LogP contribution in [0.2, 0.25) is 0 Å². The maximum Gasteiger partial charge on any atom is 0.218 e. The zero-order valence-electron chi connectivity index (χ0n) is 9.96. The van der Waals surface area contributed by atoms with Crippen molar-refractivity contribution in [3.8, 4) is 0 Å². The zero-order valence-corrected chi connectivity index (χ0v) is 9.96. The number of amides is 1. The van der Waals surface area contributed by atoms with Gasteiger partial charge in [0.05, 0.1) is 0 Å². The Kier molecular flexibility index (Phi) is 5.09. The highest BCUT2D eigenvalue weighted by molar-refractivity contribution is 5.74. The maximum atomic E-state index is 11.0. The van der Waals surface area contributed by atoms with Crippen LogP contribution in [0.15, 0.2) is 0 Å². The first-order valence-electron chi connectivity index (χ1n) is 6.15. The van der Waals surface area contributed by atoms with E-state index in [4.69, 9.17) is 5.73 Å². The first kappa shape index (κ1) is 12.5. The van der Waals surface area contributed by atoms with Gasteiger partial charge in [-0.25, -0.2) is 0 Å². The van der Waals surface area contributed by atoms with Gasteiger partial charge in [0, 0.05) is 12.5 Å². The van der Waals surface area contributed by atoms with Gasteiger partial charge in [0.1, 0.15) is 0 Å². The highest BCUT2D eigenvalue weighted by Gasteiger charge is 2.26. The molecule has 1 saturated carbocycles. The monoisotopic (exact) mass is 212 g/mol. The molecule has 1 rings (SSSR count). The van der Waals surface area contributed by atoms with Gasteiger partial charge in [-0.1, -0.05) is 26.7 Å². The molecule has 0 spiro atoms. The van der Waals surface area contributed by atoms with E-state index in [2.05, 4.69) is 19.2 Å². The first-order valence-corrected chi connectivity index (χ1v) is 6.15. The Morgan fingerprint density at radius 3 is 2.47 bits per heavy atom. The summed E-state index contributed by atoms with van der Waals surface area (Å²) in [5.41, 5.74) is 5.28. The van der Waals surface area contributed by atoms with Gasteiger partial charge in [-0.2, -0.15) is 0 Å². The number of primary amides is 1. The molecule has 0 aromatic heterocycles. The van der Waals surface area contributed by atoms with E-state index in [1.807, 2.05) is 0 Å². The lowest BCUT2D eigenvalue weighted by atomic mass is 9.78. The van der Waals surface area contributed by atoms with E-state index in [1.165, 1.54) is 25.7 Å². The van der Waals surface area contributed by atoms with Crippen LogP contribution in [0.4, 0.5) is 0 Å². The zero-order chi connectivity index (χ0) is 11.3. The van der Waals surface area contributed by atoms with Crippen LogP contribution in [-0.4, -0.2) is 18.5 Å². The Balaban J connectivity index is 2.44. The van der Waals surface area contributed by atoms with Crippen LogP contribution in [0.25, 0.3) is 0 Å². The van der Waals surface area contributed by atoms with Gasteiger partial charge in [0.15, 0.2) is 0 Å². The predicted molar refractivity (Wildman–Crippen MR) is 62.4 cm³/mol. The van der Waals surface area contributed by atoms with Gasteiger partial charge in [-0.15, -0.1) is 0 Å². The van der Waals surface area contributed by atoms with Gasteiger partial charge in [-0.3, -0.25) is 4.79 Å². The van der Waals surface area contributed by atoms with Gasteiger partial charge in [-0.05, 0) is 31.2 Å². The molecule has 0 aromatic carbocycles. The van der Waals surface area contributed by atoms with Crippen LogP contribution in [0.3, 0.4) is 0 Å². The molecule has 1 aliphatic rings. The molecular weight excluding hydrogens is 188 g/mol. The van der Waals surface area contributed by atoms with Crippen LogP contribution >= 0.6 is 0 Å². The molecule has 0 saturated heterocycles. The molecule has 0 aromatic rings. The van der Waals surface area contributed by atoms with Crippen LogP contribution < -0.4 is 11.1 Å². The fourth-order valence-electron chi connectivity index (χ4n) is 2.57. The van der Waals surface area contributed by atoms with Crippen molar-refractivity contribution in [1.82, 2.24) is 5.32 Å². The second-order valence-corrected chi connectivity index (χ2v) is 4.85. The lowest BCUT2D eigenvalue weighted by molar-refractivity contribution is -0.118. The number of hydrogen-bond acceptors (Lipinski definition) is 2. The Morgan fingerprint density at radius 1 is 1.40 bits per heavy atom. The lowest BCUT2D eigenvalue weighted by Gasteiger charge is -2.32. The number of rotatable bonds is 5. The fourth-order valence-corrected chi connectivity index (χ4v) is 2.57. The fraction of sp³-hybridized carbons (Fsp3) is 0.917. The highest BCUT2D eigenvalue weighted by atomic mass is 16.1. The molecule has 3 nitrogen and oxygen atoms in total. The molecule has 88 valence electrons. The lowest BCUT2D eigenvalue weighted by Crippen LogP contribution is -2.40. The van der Waals surface area contributed by atoms with Crippen molar-refractivity contribution in [2.75, 3.05) is 6.54 Å². The summed E-state index contributed by atoms with van der Waals surface area (Å²) < 4.78 is 0. The molecule has 1 aliphatic carbocycles. The first-order chi connectivity index (χ1) is 7.13. The number of nitrogens with two attached hydrogens (primary N) is 1. The van der Waals surface area contributed by atoms with Gasteiger partial charge in [0.2, 0.25) is 5.91 Å². The molecule has 1 atom stereocenters. The molecule has 0 aliphatic heterocycles. The minimum absolute atomic E-state index is 0.181. The summed E-state index contributed by atoms with van der Waals surface area (Å²) in [7, 11) is 0. The van der Waals surface area contributed by atoms with Crippen LogP contribution in [0.1, 0.15) is 46.0 Å². The van der Waals surface area contributed by atoms with E-state index in [1.54, 1.807) is 0 Å². The topological polar surface area (TPSA) is 55.1 Å². The Morgan fingerprint density at radius 2 is 2.00 bits per heavy atom. The van der Waals surface area contributed by atoms with E-state index in [0.29, 0.717) is 18.4 Å². The van der Waals surface area contributed by atoms with Crippen molar-refractivity contribution in [2.45, 2.75) is 52.0 Å². The maximum absolute atomic E-state index is 11.0. The molecular formula is C12H24N2O. The molecule has 0 heterocycles. The van der Waals surface area contributed by atoms with Gasteiger partial charge < -0.3 is 11.1 Å². The molecule has 15 heavy (non-hydrogen) atoms. The highest BCUT2D eigenvalue weighted by Crippen LogP contribution is 2.31. The van der Waals surface area contributed by atoms with E-state index >= 15 is 0 Å². The molecule has 3 N–H and O–H groups in total. The summed E-state index contributed by atoms with van der Waals surface area (Å²) >= 11 is 0. The van der Waals surface area contributed by atoms with Crippen LogP contribution in [0, 0.1) is 11.8 Å². The van der Waals surface area contributed by atoms with Crippen molar-refractivity contribution in [1.29, 1.82) is 0 Å². The third kappa shape index (κ3) is 4.20. The van der Waals surface area contributed by atoms with Crippen LogP contribution in [-0.2, 0) is 4.79 Å². The Bertz CT molecular complexity index is 198. The summed E-state index contributed by atoms with van der Waals surface area (Å²) in [5, 5.41) is 3.40. The van der Waals surface area contributed by atoms with Crippen molar-refractivity contribution in [3.05, 3.63) is 0 Å². The summed E-state index contributed by atoms with van der Waals surface area (Å²) in [4.78, 5) is 11.0. The Labute approximate surface area is 92.8 Å². The molecule has 0 bridgehead atoms. The summed E-state index contributed by atoms with van der Waals surface area (Å²) in [6.45, 7) is 5.32. The standard InChI is InChI=1S/C12H24N2O/c1-3-14-11(8-12(13)15)10-6-4-9(2)5-7-10/h9-11,14H,3-8H2,1-2H3,(H2,13,15). The van der Waals surface area contributed by atoms with Crippen molar-refractivity contribution >= 4 is 5.91 Å². The van der Waals surface area contributed by atoms with Crippen molar-refractivity contribution < 1.29 is 4.79 Å². The summed E-state index contributed by atoms with van der Waals surface area (Å²) in [5.74, 6) is 1.32. The second kappa shape index (κ2) is 6.11. The predicted octanol–water partition coefficient (Wildman–Crippen LogP) is 1.67.